The van der Waals surface area contributed by atoms with E-state index in [4.69, 9.17) is 0 Å². The smallest absolute Gasteiger partial charge is 0.317 e. The Morgan fingerprint density at radius 2 is 2.20 bits per heavy atom. The number of H-pyrrole nitrogens is 1. The lowest BCUT2D eigenvalue weighted by Crippen LogP contribution is -2.53. The summed E-state index contributed by atoms with van der Waals surface area (Å²) in [4.78, 5) is 31.6. The van der Waals surface area contributed by atoms with Crippen molar-refractivity contribution >= 4 is 11.9 Å². The van der Waals surface area contributed by atoms with Gasteiger partial charge in [0, 0.05) is 32.1 Å². The van der Waals surface area contributed by atoms with Crippen LogP contribution in [-0.4, -0.2) is 69.1 Å². The van der Waals surface area contributed by atoms with Crippen LogP contribution in [0.5, 0.6) is 0 Å². The van der Waals surface area contributed by atoms with Crippen molar-refractivity contribution in [1.82, 2.24) is 30.3 Å². The average molecular weight is 278 g/mol. The zero-order chi connectivity index (χ0) is 14.3. The molecule has 0 radical (unpaired) electrons. The van der Waals surface area contributed by atoms with Crippen molar-refractivity contribution in [1.29, 1.82) is 0 Å². The van der Waals surface area contributed by atoms with Gasteiger partial charge >= 0.3 is 6.03 Å². The zero-order valence-corrected chi connectivity index (χ0v) is 11.6. The highest BCUT2D eigenvalue weighted by molar-refractivity contribution is 5.90. The molecule has 3 amide bonds. The number of urea groups is 1. The van der Waals surface area contributed by atoms with Gasteiger partial charge in [-0.3, -0.25) is 9.89 Å². The van der Waals surface area contributed by atoms with Gasteiger partial charge in [-0.1, -0.05) is 13.8 Å². The summed E-state index contributed by atoms with van der Waals surface area (Å²) in [6.07, 6.45) is 0. The number of carbonyl (C=O) groups excluding carboxylic acids is 2. The molecule has 0 spiro atoms. The lowest BCUT2D eigenvalue weighted by molar-refractivity contribution is 0.0605. The summed E-state index contributed by atoms with van der Waals surface area (Å²) >= 11 is 0. The van der Waals surface area contributed by atoms with E-state index in [9.17, 15) is 9.59 Å². The van der Waals surface area contributed by atoms with Crippen LogP contribution in [0.2, 0.25) is 0 Å². The third kappa shape index (κ3) is 2.10. The molecule has 108 valence electrons. The van der Waals surface area contributed by atoms with Gasteiger partial charge in [-0.25, -0.2) is 9.78 Å². The van der Waals surface area contributed by atoms with Gasteiger partial charge in [0.1, 0.15) is 5.82 Å². The molecule has 0 bridgehead atoms. The Balaban J connectivity index is 1.70. The normalized spacial score (nSPS) is 22.1. The number of aromatic amines is 1. The fourth-order valence-electron chi connectivity index (χ4n) is 2.56. The molecule has 0 aliphatic carbocycles. The largest absolute Gasteiger partial charge is 0.336 e. The molecular weight excluding hydrogens is 260 g/mol. The molecule has 0 aromatic carbocycles. The minimum absolute atomic E-state index is 0.0397. The van der Waals surface area contributed by atoms with E-state index < -0.39 is 0 Å². The molecule has 1 aromatic heterocycles. The van der Waals surface area contributed by atoms with Crippen LogP contribution >= 0.6 is 0 Å². The van der Waals surface area contributed by atoms with E-state index in [1.807, 2.05) is 13.8 Å². The third-order valence-corrected chi connectivity index (χ3v) is 3.76. The molecule has 2 aliphatic heterocycles. The van der Waals surface area contributed by atoms with Crippen molar-refractivity contribution in [2.24, 2.45) is 0 Å². The number of nitrogens with one attached hydrogen (secondary N) is 2. The van der Waals surface area contributed by atoms with Crippen LogP contribution in [0.3, 0.4) is 0 Å². The summed E-state index contributed by atoms with van der Waals surface area (Å²) in [5, 5.41) is 9.57. The van der Waals surface area contributed by atoms with Crippen LogP contribution in [0.25, 0.3) is 0 Å². The first-order valence-electron chi connectivity index (χ1n) is 6.82. The molecule has 1 unspecified atom stereocenters. The van der Waals surface area contributed by atoms with Crippen LogP contribution in [0.1, 0.15) is 36.2 Å². The number of amides is 3. The first-order chi connectivity index (χ1) is 9.56. The van der Waals surface area contributed by atoms with Crippen molar-refractivity contribution in [2.75, 3.05) is 26.2 Å². The summed E-state index contributed by atoms with van der Waals surface area (Å²) in [7, 11) is 0. The highest BCUT2D eigenvalue weighted by Crippen LogP contribution is 2.16. The van der Waals surface area contributed by atoms with Gasteiger partial charge in [-0.05, 0) is 0 Å². The van der Waals surface area contributed by atoms with E-state index in [0.29, 0.717) is 32.0 Å². The summed E-state index contributed by atoms with van der Waals surface area (Å²) in [6, 6.07) is 0.0193. The Labute approximate surface area is 116 Å². The van der Waals surface area contributed by atoms with E-state index in [-0.39, 0.29) is 29.7 Å². The highest BCUT2D eigenvalue weighted by Gasteiger charge is 2.37. The molecule has 2 saturated heterocycles. The predicted octanol–water partition coefficient (Wildman–Crippen LogP) is -0.222. The highest BCUT2D eigenvalue weighted by atomic mass is 16.2. The number of hydrogen-bond donors (Lipinski definition) is 2. The third-order valence-electron chi connectivity index (χ3n) is 3.76. The lowest BCUT2D eigenvalue weighted by atomic mass is 10.2. The maximum atomic E-state index is 12.4. The molecule has 0 saturated carbocycles. The number of nitrogens with zero attached hydrogens (tertiary/aromatic N) is 4. The van der Waals surface area contributed by atoms with Crippen molar-refractivity contribution in [3.8, 4) is 0 Å². The molecule has 1 atom stereocenters. The van der Waals surface area contributed by atoms with E-state index in [1.165, 1.54) is 0 Å². The minimum atomic E-state index is -0.174. The van der Waals surface area contributed by atoms with Crippen molar-refractivity contribution < 1.29 is 9.59 Å². The summed E-state index contributed by atoms with van der Waals surface area (Å²) < 4.78 is 0. The lowest BCUT2D eigenvalue weighted by Gasteiger charge is -2.35. The Kier molecular flexibility index (Phi) is 3.07. The topological polar surface area (TPSA) is 94.2 Å². The fraction of sp³-hybridized carbons (Fsp3) is 0.667. The van der Waals surface area contributed by atoms with Crippen LogP contribution in [-0.2, 0) is 0 Å². The van der Waals surface area contributed by atoms with Crippen molar-refractivity contribution in [3.63, 3.8) is 0 Å². The van der Waals surface area contributed by atoms with Gasteiger partial charge < -0.3 is 15.1 Å². The van der Waals surface area contributed by atoms with Gasteiger partial charge in [-0.15, -0.1) is 5.10 Å². The first kappa shape index (κ1) is 12.9. The second kappa shape index (κ2) is 4.77. The number of rotatable bonds is 2. The summed E-state index contributed by atoms with van der Waals surface area (Å²) in [5.74, 6) is 0.953. The van der Waals surface area contributed by atoms with Crippen molar-refractivity contribution in [2.45, 2.75) is 25.8 Å². The molecular formula is C12H18N6O2. The van der Waals surface area contributed by atoms with E-state index in [2.05, 4.69) is 20.5 Å². The Bertz CT molecular complexity index is 540. The van der Waals surface area contributed by atoms with E-state index >= 15 is 0 Å². The molecule has 20 heavy (non-hydrogen) atoms. The number of piperazine rings is 1. The number of aromatic nitrogens is 3. The van der Waals surface area contributed by atoms with Gasteiger partial charge in [-0.2, -0.15) is 0 Å². The van der Waals surface area contributed by atoms with Gasteiger partial charge in [0.2, 0.25) is 5.82 Å². The van der Waals surface area contributed by atoms with Gasteiger partial charge in [0.05, 0.1) is 6.04 Å². The van der Waals surface area contributed by atoms with Gasteiger partial charge in [0.15, 0.2) is 0 Å². The van der Waals surface area contributed by atoms with Crippen LogP contribution in [0.15, 0.2) is 0 Å². The number of hydrogen-bond acceptors (Lipinski definition) is 4. The van der Waals surface area contributed by atoms with Gasteiger partial charge in [0.25, 0.3) is 5.91 Å². The number of fused-ring (bicyclic) bond motifs is 1. The Hall–Kier alpha value is -2.12. The first-order valence-corrected chi connectivity index (χ1v) is 6.82. The zero-order valence-electron chi connectivity index (χ0n) is 11.6. The molecule has 3 heterocycles. The van der Waals surface area contributed by atoms with Crippen LogP contribution in [0, 0.1) is 0 Å². The quantitative estimate of drug-likeness (QED) is 0.782. The van der Waals surface area contributed by atoms with E-state index in [1.54, 1.807) is 9.80 Å². The van der Waals surface area contributed by atoms with E-state index in [0.717, 1.165) is 0 Å². The summed E-state index contributed by atoms with van der Waals surface area (Å²) in [5.41, 5.74) is 0. The molecule has 1 aromatic rings. The molecule has 8 heteroatoms. The average Bonchev–Trinajstić information content (AvgIpc) is 3.05. The number of carbonyl (C=O) groups is 2. The molecule has 2 N–H and O–H groups in total. The Morgan fingerprint density at radius 1 is 1.40 bits per heavy atom. The summed E-state index contributed by atoms with van der Waals surface area (Å²) in [6.45, 7) is 6.18. The molecule has 2 aliphatic rings. The van der Waals surface area contributed by atoms with Crippen molar-refractivity contribution in [3.05, 3.63) is 11.6 Å². The Morgan fingerprint density at radius 3 is 2.90 bits per heavy atom. The fourth-order valence-corrected chi connectivity index (χ4v) is 2.56. The second-order valence-corrected chi connectivity index (χ2v) is 5.48. The monoisotopic (exact) mass is 278 g/mol. The second-order valence-electron chi connectivity index (χ2n) is 5.48. The minimum Gasteiger partial charge on any atom is -0.336 e. The van der Waals surface area contributed by atoms with Crippen LogP contribution < -0.4 is 5.32 Å². The van der Waals surface area contributed by atoms with Crippen LogP contribution in [0.4, 0.5) is 4.79 Å². The SMILES string of the molecule is CC(C)c1nc(C(=O)N2CCN3C(=O)NCC3C2)n[nH]1. The molecule has 3 rings (SSSR count). The molecule has 2 fully saturated rings. The maximum absolute atomic E-state index is 12.4. The maximum Gasteiger partial charge on any atom is 0.317 e. The predicted molar refractivity (Wildman–Crippen MR) is 70.3 cm³/mol. The molecule has 8 nitrogen and oxygen atoms in total. The standard InChI is InChI=1S/C12H18N6O2/c1-7(2)9-14-10(16-15-9)11(19)17-3-4-18-8(6-17)5-13-12(18)20/h7-8H,3-6H2,1-2H3,(H,13,20)(H,14,15,16).